The van der Waals surface area contributed by atoms with Gasteiger partial charge in [-0.3, -0.25) is 0 Å². The van der Waals surface area contributed by atoms with E-state index in [4.69, 9.17) is 16.3 Å². The number of alkyl halides is 2. The van der Waals surface area contributed by atoms with Gasteiger partial charge in [0.15, 0.2) is 11.6 Å². The summed E-state index contributed by atoms with van der Waals surface area (Å²) in [5.41, 5.74) is -0.363. The zero-order valence-corrected chi connectivity index (χ0v) is 16.2. The summed E-state index contributed by atoms with van der Waals surface area (Å²) in [6.07, 6.45) is 0.357. The van der Waals surface area contributed by atoms with E-state index in [1.165, 1.54) is 4.90 Å². The quantitative estimate of drug-likeness (QED) is 0.469. The van der Waals surface area contributed by atoms with E-state index in [2.05, 4.69) is 25.9 Å². The number of benzene rings is 1. The Morgan fingerprint density at radius 1 is 1.38 bits per heavy atom. The number of fused-ring (bicyclic) bond motifs is 2. The number of sulfone groups is 1. The highest BCUT2D eigenvalue weighted by molar-refractivity contribution is 9.10. The van der Waals surface area contributed by atoms with Crippen molar-refractivity contribution >= 4 is 54.1 Å². The lowest BCUT2D eigenvalue weighted by Gasteiger charge is -2.22. The van der Waals surface area contributed by atoms with E-state index < -0.39 is 45.7 Å². The van der Waals surface area contributed by atoms with Crippen molar-refractivity contribution in [2.45, 2.75) is 23.5 Å². The van der Waals surface area contributed by atoms with Crippen molar-refractivity contribution in [3.05, 3.63) is 15.3 Å². The van der Waals surface area contributed by atoms with Crippen molar-refractivity contribution in [3.63, 3.8) is 0 Å². The fraction of sp³-hybridized carbons (Fsp3) is 0.429. The molecule has 0 spiro atoms. The first-order valence-corrected chi connectivity index (χ1v) is 10.4. The Morgan fingerprint density at radius 3 is 2.73 bits per heavy atom. The molecule has 0 bridgehead atoms. The molecule has 2 aliphatic rings. The molecule has 0 aliphatic carbocycles. The van der Waals surface area contributed by atoms with Crippen LogP contribution < -0.4 is 9.64 Å². The zero-order chi connectivity index (χ0) is 19.0. The van der Waals surface area contributed by atoms with Gasteiger partial charge in [0.2, 0.25) is 15.0 Å². The molecule has 0 N–H and O–H groups in total. The highest BCUT2D eigenvalue weighted by atomic mass is 79.9. The Hall–Kier alpha value is -1.33. The number of ether oxygens (including phenoxy) is 1. The van der Waals surface area contributed by atoms with Crippen LogP contribution in [0.25, 0.3) is 10.9 Å². The minimum atomic E-state index is -3.92. The fourth-order valence-corrected chi connectivity index (χ4v) is 4.30. The molecular weight excluding hydrogens is 463 g/mol. The molecule has 2 aromatic rings. The number of hydrogen-bond donors (Lipinski definition) is 0. The smallest absolute Gasteiger partial charge is 0.267 e. The normalized spacial score (nSPS) is 21.5. The molecule has 1 atom stereocenters. The molecule has 1 aromatic carbocycles. The van der Waals surface area contributed by atoms with Crippen molar-refractivity contribution in [3.8, 4) is 5.75 Å². The van der Waals surface area contributed by atoms with Crippen LogP contribution in [0.15, 0.2) is 9.63 Å². The molecule has 3 heterocycles. The number of hydrogen-bond acceptors (Lipinski definition) is 6. The Bertz CT molecular complexity index is 1070. The van der Waals surface area contributed by atoms with Crippen molar-refractivity contribution in [2.24, 2.45) is 0 Å². The summed E-state index contributed by atoms with van der Waals surface area (Å²) in [5, 5.41) is -0.780. The Kier molecular flexibility index (Phi) is 3.88. The first-order valence-electron chi connectivity index (χ1n) is 7.35. The third kappa shape index (κ3) is 2.63. The van der Waals surface area contributed by atoms with Crippen LogP contribution in [0.2, 0.25) is 5.02 Å². The molecule has 1 saturated heterocycles. The molecule has 4 rings (SSSR count). The lowest BCUT2D eigenvalue weighted by Crippen LogP contribution is -2.34. The average Bonchev–Trinajstić information content (AvgIpc) is 2.77. The molecule has 1 aromatic heterocycles. The van der Waals surface area contributed by atoms with Crippen LogP contribution in [0.1, 0.15) is 6.42 Å². The van der Waals surface area contributed by atoms with Crippen LogP contribution in [0.4, 0.5) is 19.0 Å². The largest absolute Gasteiger partial charge is 0.489 e. The summed E-state index contributed by atoms with van der Waals surface area (Å²) in [6, 6.07) is -0.763. The van der Waals surface area contributed by atoms with Crippen LogP contribution in [-0.4, -0.2) is 49.8 Å². The second kappa shape index (κ2) is 5.59. The first kappa shape index (κ1) is 18.1. The molecule has 2 aliphatic heterocycles. The topological polar surface area (TPSA) is 72.4 Å². The van der Waals surface area contributed by atoms with Crippen molar-refractivity contribution in [1.29, 1.82) is 0 Å². The Balaban J connectivity index is 2.13. The van der Waals surface area contributed by atoms with Gasteiger partial charge in [-0.25, -0.2) is 31.6 Å². The summed E-state index contributed by atoms with van der Waals surface area (Å²) in [4.78, 5) is 8.98. The molecule has 12 heteroatoms. The van der Waals surface area contributed by atoms with Crippen LogP contribution in [0.3, 0.4) is 0 Å². The van der Waals surface area contributed by atoms with Crippen molar-refractivity contribution in [1.82, 2.24) is 9.97 Å². The van der Waals surface area contributed by atoms with E-state index in [0.29, 0.717) is 0 Å². The molecule has 0 radical (unpaired) electrons. The maximum Gasteiger partial charge on any atom is 0.267 e. The summed E-state index contributed by atoms with van der Waals surface area (Å²) in [5.74, 6) is -4.03. The van der Waals surface area contributed by atoms with E-state index >= 15 is 0 Å². The van der Waals surface area contributed by atoms with Gasteiger partial charge in [-0.15, -0.1) is 0 Å². The third-order valence-corrected chi connectivity index (χ3v) is 6.47. The lowest BCUT2D eigenvalue weighted by molar-refractivity contribution is 0.0205. The van der Waals surface area contributed by atoms with Crippen molar-refractivity contribution < 1.29 is 26.3 Å². The Morgan fingerprint density at radius 2 is 2.08 bits per heavy atom. The van der Waals surface area contributed by atoms with E-state index in [0.717, 1.165) is 6.26 Å². The molecule has 0 amide bonds. The first-order chi connectivity index (χ1) is 12.0. The van der Waals surface area contributed by atoms with Crippen LogP contribution in [0.5, 0.6) is 5.75 Å². The van der Waals surface area contributed by atoms with Gasteiger partial charge in [-0.2, -0.15) is 0 Å². The number of rotatable bonds is 1. The molecule has 1 fully saturated rings. The highest BCUT2D eigenvalue weighted by Crippen LogP contribution is 2.48. The number of anilines is 1. The number of halogens is 5. The second-order valence-corrected chi connectivity index (χ2v) is 9.33. The summed E-state index contributed by atoms with van der Waals surface area (Å²) in [6.45, 7) is -0.821. The summed E-state index contributed by atoms with van der Waals surface area (Å²) < 4.78 is 71.9. The van der Waals surface area contributed by atoms with Crippen LogP contribution >= 0.6 is 27.5 Å². The van der Waals surface area contributed by atoms with E-state index in [9.17, 15) is 21.6 Å². The lowest BCUT2D eigenvalue weighted by atomic mass is 10.2. The van der Waals surface area contributed by atoms with Gasteiger partial charge in [0.05, 0.1) is 22.4 Å². The minimum absolute atomic E-state index is 0.0247. The minimum Gasteiger partial charge on any atom is -0.489 e. The fourth-order valence-electron chi connectivity index (χ4n) is 3.19. The molecular formula is C14H10BrClF3N3O3S. The van der Waals surface area contributed by atoms with Crippen molar-refractivity contribution in [2.75, 3.05) is 24.3 Å². The Labute approximate surface area is 159 Å². The van der Waals surface area contributed by atoms with Gasteiger partial charge < -0.3 is 9.64 Å². The van der Waals surface area contributed by atoms with Gasteiger partial charge >= 0.3 is 0 Å². The van der Waals surface area contributed by atoms with E-state index in [1.54, 1.807) is 0 Å². The van der Waals surface area contributed by atoms with Gasteiger partial charge in [-0.1, -0.05) is 11.6 Å². The molecule has 0 saturated carbocycles. The van der Waals surface area contributed by atoms with Gasteiger partial charge in [-0.05, 0) is 15.9 Å². The summed E-state index contributed by atoms with van der Waals surface area (Å²) in [7, 11) is -3.92. The van der Waals surface area contributed by atoms with E-state index in [-0.39, 0.29) is 38.6 Å². The van der Waals surface area contributed by atoms with Gasteiger partial charge in [0.25, 0.3) is 5.92 Å². The SMILES string of the molecule is CS(=O)(=O)c1nc2c3c(c(Cl)c(Br)c(F)c3n1)OC[C@@H]1CC(F)(F)CN21. The number of aromatic nitrogens is 2. The van der Waals surface area contributed by atoms with Crippen LogP contribution in [0, 0.1) is 5.82 Å². The standard InChI is InChI=1S/C14H10BrClF3N3O3S/c1-26(23,24)13-20-10-6-11(8(16)7(15)9(10)17)25-3-5-2-14(18,19)4-22(5)12(6)21-13/h5H,2-4H2,1H3/t5-/m0/s1. The predicted molar refractivity (Wildman–Crippen MR) is 91.5 cm³/mol. The molecule has 6 nitrogen and oxygen atoms in total. The molecule has 26 heavy (non-hydrogen) atoms. The predicted octanol–water partition coefficient (Wildman–Crippen LogP) is 3.19. The van der Waals surface area contributed by atoms with Gasteiger partial charge in [0, 0.05) is 12.7 Å². The zero-order valence-electron chi connectivity index (χ0n) is 13.1. The molecule has 0 unspecified atom stereocenters. The maximum atomic E-state index is 14.7. The molecule has 140 valence electrons. The maximum absolute atomic E-state index is 14.7. The van der Waals surface area contributed by atoms with E-state index in [1.807, 2.05) is 0 Å². The number of nitrogens with zero attached hydrogens (tertiary/aromatic N) is 3. The third-order valence-electron chi connectivity index (χ3n) is 4.29. The second-order valence-electron chi connectivity index (χ2n) is 6.25. The monoisotopic (exact) mass is 471 g/mol. The van der Waals surface area contributed by atoms with Crippen LogP contribution in [-0.2, 0) is 9.84 Å². The average molecular weight is 473 g/mol. The highest BCUT2D eigenvalue weighted by Gasteiger charge is 2.48. The summed E-state index contributed by atoms with van der Waals surface area (Å²) >= 11 is 9.14. The van der Waals surface area contributed by atoms with Gasteiger partial charge in [0.1, 0.15) is 23.0 Å².